The van der Waals surface area contributed by atoms with Crippen molar-refractivity contribution in [3.63, 3.8) is 0 Å². The van der Waals surface area contributed by atoms with Crippen molar-refractivity contribution in [3.05, 3.63) is 0 Å². The molecule has 1 aliphatic carbocycles. The molecule has 1 saturated carbocycles. The number of carbonyl (C=O) groups excluding carboxylic acids is 1. The van der Waals surface area contributed by atoms with Crippen molar-refractivity contribution in [3.8, 4) is 0 Å². The Morgan fingerprint density at radius 3 is 2.50 bits per heavy atom. The lowest BCUT2D eigenvalue weighted by Gasteiger charge is -2.16. The molecule has 1 unspecified atom stereocenters. The third-order valence-corrected chi connectivity index (χ3v) is 3.13. The summed E-state index contributed by atoms with van der Waals surface area (Å²) >= 11 is 0. The second-order valence-corrected chi connectivity index (χ2v) is 5.09. The Morgan fingerprint density at radius 2 is 2.00 bits per heavy atom. The fourth-order valence-electron chi connectivity index (χ4n) is 1.30. The van der Waals surface area contributed by atoms with Crippen molar-refractivity contribution >= 4 is 11.7 Å². The summed E-state index contributed by atoms with van der Waals surface area (Å²) in [7, 11) is 0. The molecule has 1 amide bonds. The molecule has 16 heavy (non-hydrogen) atoms. The summed E-state index contributed by atoms with van der Waals surface area (Å²) < 4.78 is 0. The van der Waals surface area contributed by atoms with E-state index < -0.39 is 0 Å². The number of nitrogens with one attached hydrogen (secondary N) is 3. The molecular formula is C12H23N3O. The SMILES string of the molecule is CC(C)C(C)CNCC(=N)NC(=O)C1CC1. The summed E-state index contributed by atoms with van der Waals surface area (Å²) in [5, 5.41) is 13.4. The van der Waals surface area contributed by atoms with Crippen LogP contribution in [0.3, 0.4) is 0 Å². The van der Waals surface area contributed by atoms with E-state index in [4.69, 9.17) is 5.41 Å². The zero-order valence-corrected chi connectivity index (χ0v) is 10.5. The molecule has 0 aromatic heterocycles. The monoisotopic (exact) mass is 225 g/mol. The first-order valence-electron chi connectivity index (χ1n) is 6.09. The summed E-state index contributed by atoms with van der Waals surface area (Å²) in [5.41, 5.74) is 0. The maximum atomic E-state index is 11.3. The van der Waals surface area contributed by atoms with Crippen LogP contribution in [-0.4, -0.2) is 24.8 Å². The van der Waals surface area contributed by atoms with Gasteiger partial charge >= 0.3 is 0 Å². The Kier molecular flexibility index (Phi) is 4.93. The molecule has 0 heterocycles. The van der Waals surface area contributed by atoms with E-state index in [1.54, 1.807) is 0 Å². The normalized spacial score (nSPS) is 17.2. The Balaban J connectivity index is 2.07. The molecule has 92 valence electrons. The maximum Gasteiger partial charge on any atom is 0.228 e. The fraction of sp³-hybridized carbons (Fsp3) is 0.833. The molecule has 0 radical (unpaired) electrons. The average molecular weight is 225 g/mol. The van der Waals surface area contributed by atoms with E-state index >= 15 is 0 Å². The van der Waals surface area contributed by atoms with E-state index in [0.717, 1.165) is 19.4 Å². The van der Waals surface area contributed by atoms with Crippen LogP contribution in [0.25, 0.3) is 0 Å². The Morgan fingerprint density at radius 1 is 1.38 bits per heavy atom. The molecule has 4 nitrogen and oxygen atoms in total. The first-order valence-corrected chi connectivity index (χ1v) is 6.09. The molecule has 4 heteroatoms. The van der Waals surface area contributed by atoms with Gasteiger partial charge in [-0.15, -0.1) is 0 Å². The quantitative estimate of drug-likeness (QED) is 0.472. The van der Waals surface area contributed by atoms with Gasteiger partial charge in [-0.2, -0.15) is 0 Å². The van der Waals surface area contributed by atoms with Crippen molar-refractivity contribution in [2.24, 2.45) is 17.8 Å². The van der Waals surface area contributed by atoms with Crippen LogP contribution in [0.15, 0.2) is 0 Å². The number of rotatable bonds is 6. The summed E-state index contributed by atoms with van der Waals surface area (Å²) in [6.07, 6.45) is 1.97. The minimum absolute atomic E-state index is 0.0173. The van der Waals surface area contributed by atoms with E-state index in [0.29, 0.717) is 18.4 Å². The molecule has 3 N–H and O–H groups in total. The number of hydrogen-bond acceptors (Lipinski definition) is 3. The van der Waals surface area contributed by atoms with Crippen molar-refractivity contribution in [2.45, 2.75) is 33.6 Å². The number of hydrogen-bond donors (Lipinski definition) is 3. The molecule has 1 aliphatic rings. The average Bonchev–Trinajstić information content (AvgIpc) is 3.00. The molecule has 0 bridgehead atoms. The topological polar surface area (TPSA) is 65.0 Å². The minimum Gasteiger partial charge on any atom is -0.313 e. The molecule has 1 fully saturated rings. The minimum atomic E-state index is 0.0173. The van der Waals surface area contributed by atoms with Gasteiger partial charge in [0, 0.05) is 5.92 Å². The summed E-state index contributed by atoms with van der Waals surface area (Å²) in [5.74, 6) is 1.71. The molecule has 0 saturated heterocycles. The smallest absolute Gasteiger partial charge is 0.228 e. The van der Waals surface area contributed by atoms with Crippen LogP contribution < -0.4 is 10.6 Å². The number of amidine groups is 1. The lowest BCUT2D eigenvalue weighted by Crippen LogP contribution is -2.39. The van der Waals surface area contributed by atoms with E-state index in [1.165, 1.54) is 0 Å². The Hall–Kier alpha value is -0.900. The highest BCUT2D eigenvalue weighted by atomic mass is 16.2. The van der Waals surface area contributed by atoms with Crippen molar-refractivity contribution in [2.75, 3.05) is 13.1 Å². The zero-order chi connectivity index (χ0) is 12.1. The van der Waals surface area contributed by atoms with Gasteiger partial charge in [0.15, 0.2) is 0 Å². The molecule has 0 aromatic carbocycles. The van der Waals surface area contributed by atoms with Crippen LogP contribution >= 0.6 is 0 Å². The highest BCUT2D eigenvalue weighted by Crippen LogP contribution is 2.28. The van der Waals surface area contributed by atoms with Gasteiger partial charge in [-0.05, 0) is 31.2 Å². The van der Waals surface area contributed by atoms with Gasteiger partial charge in [-0.3, -0.25) is 10.2 Å². The standard InChI is InChI=1S/C12H23N3O/c1-8(2)9(3)6-14-7-11(13)15-12(16)10-4-5-10/h8-10,14H,4-7H2,1-3H3,(H2,13,15,16). The van der Waals surface area contributed by atoms with Crippen molar-refractivity contribution in [1.82, 2.24) is 10.6 Å². The van der Waals surface area contributed by atoms with Gasteiger partial charge in [0.05, 0.1) is 6.54 Å². The first kappa shape index (κ1) is 13.2. The van der Waals surface area contributed by atoms with Crippen LogP contribution in [0.1, 0.15) is 33.6 Å². The zero-order valence-electron chi connectivity index (χ0n) is 10.5. The van der Waals surface area contributed by atoms with Crippen LogP contribution in [0.5, 0.6) is 0 Å². The van der Waals surface area contributed by atoms with Crippen LogP contribution in [-0.2, 0) is 4.79 Å². The van der Waals surface area contributed by atoms with Gasteiger partial charge in [0.25, 0.3) is 0 Å². The first-order chi connectivity index (χ1) is 7.50. The largest absolute Gasteiger partial charge is 0.313 e. The van der Waals surface area contributed by atoms with E-state index in [2.05, 4.69) is 31.4 Å². The Labute approximate surface area is 97.7 Å². The van der Waals surface area contributed by atoms with Gasteiger partial charge in [0.1, 0.15) is 5.84 Å². The predicted octanol–water partition coefficient (Wildman–Crippen LogP) is 1.37. The van der Waals surface area contributed by atoms with E-state index in [-0.39, 0.29) is 17.7 Å². The summed E-state index contributed by atoms with van der Waals surface area (Å²) in [6.45, 7) is 7.90. The second kappa shape index (κ2) is 5.99. The third-order valence-electron chi connectivity index (χ3n) is 3.13. The van der Waals surface area contributed by atoms with Crippen molar-refractivity contribution in [1.29, 1.82) is 5.41 Å². The molecule has 0 aromatic rings. The van der Waals surface area contributed by atoms with Gasteiger partial charge in [-0.25, -0.2) is 0 Å². The summed E-state index contributed by atoms with van der Waals surface area (Å²) in [6, 6.07) is 0. The maximum absolute atomic E-state index is 11.3. The van der Waals surface area contributed by atoms with Crippen LogP contribution in [0.4, 0.5) is 0 Å². The van der Waals surface area contributed by atoms with E-state index in [9.17, 15) is 4.79 Å². The molecular weight excluding hydrogens is 202 g/mol. The molecule has 1 rings (SSSR count). The lowest BCUT2D eigenvalue weighted by atomic mass is 9.98. The van der Waals surface area contributed by atoms with Crippen molar-refractivity contribution < 1.29 is 4.79 Å². The highest BCUT2D eigenvalue weighted by molar-refractivity contribution is 5.99. The van der Waals surface area contributed by atoms with Crippen LogP contribution in [0.2, 0.25) is 0 Å². The predicted molar refractivity (Wildman–Crippen MR) is 65.5 cm³/mol. The Bertz CT molecular complexity index is 259. The number of carbonyl (C=O) groups is 1. The highest BCUT2D eigenvalue weighted by Gasteiger charge is 2.29. The summed E-state index contributed by atoms with van der Waals surface area (Å²) in [4.78, 5) is 11.3. The molecule has 0 aliphatic heterocycles. The van der Waals surface area contributed by atoms with Crippen LogP contribution in [0, 0.1) is 23.2 Å². The molecule has 1 atom stereocenters. The lowest BCUT2D eigenvalue weighted by molar-refractivity contribution is -0.120. The number of amides is 1. The van der Waals surface area contributed by atoms with Gasteiger partial charge in [-0.1, -0.05) is 20.8 Å². The van der Waals surface area contributed by atoms with Gasteiger partial charge < -0.3 is 10.6 Å². The second-order valence-electron chi connectivity index (χ2n) is 5.09. The van der Waals surface area contributed by atoms with E-state index in [1.807, 2.05) is 0 Å². The molecule has 0 spiro atoms. The third kappa shape index (κ3) is 4.75. The van der Waals surface area contributed by atoms with Gasteiger partial charge in [0.2, 0.25) is 5.91 Å². The fourth-order valence-corrected chi connectivity index (χ4v) is 1.30.